The number of fused-ring (bicyclic) bond motifs is 1. The number of carbonyl (C=O) groups is 3. The van der Waals surface area contributed by atoms with Crippen LogP contribution in [0.3, 0.4) is 0 Å². The van der Waals surface area contributed by atoms with Crippen molar-refractivity contribution in [2.24, 2.45) is 0 Å². The summed E-state index contributed by atoms with van der Waals surface area (Å²) >= 11 is 5.86. The van der Waals surface area contributed by atoms with E-state index in [0.717, 1.165) is 5.56 Å². The van der Waals surface area contributed by atoms with Gasteiger partial charge in [-0.15, -0.1) is 0 Å². The Bertz CT molecular complexity index is 1160. The van der Waals surface area contributed by atoms with Gasteiger partial charge in [-0.05, 0) is 30.3 Å². The fourth-order valence-electron chi connectivity index (χ4n) is 2.85. The normalized spacial score (nSPS) is 12.0. The highest BCUT2D eigenvalue weighted by molar-refractivity contribution is 6.30. The average molecular weight is 457 g/mol. The van der Waals surface area contributed by atoms with E-state index in [2.05, 4.69) is 20.8 Å². The van der Waals surface area contributed by atoms with Crippen LogP contribution in [-0.2, 0) is 9.53 Å². The minimum Gasteiger partial charge on any atom is -0.486 e. The van der Waals surface area contributed by atoms with Crippen LogP contribution < -0.4 is 20.1 Å². The number of esters is 1. The molecule has 1 aliphatic heterocycles. The van der Waals surface area contributed by atoms with Crippen LogP contribution in [0, 0.1) is 0 Å². The summed E-state index contributed by atoms with van der Waals surface area (Å²) in [7, 11) is 0. The lowest BCUT2D eigenvalue weighted by molar-refractivity contribution is -0.123. The van der Waals surface area contributed by atoms with E-state index >= 15 is 0 Å². The van der Waals surface area contributed by atoms with Crippen LogP contribution in [0.2, 0.25) is 5.02 Å². The molecule has 0 fully saturated rings. The Kier molecular flexibility index (Phi) is 6.22. The van der Waals surface area contributed by atoms with Crippen molar-refractivity contribution < 1.29 is 28.6 Å². The summed E-state index contributed by atoms with van der Waals surface area (Å²) in [5.74, 6) is -0.527. The van der Waals surface area contributed by atoms with Crippen molar-refractivity contribution in [2.75, 3.05) is 25.1 Å². The third-order valence-corrected chi connectivity index (χ3v) is 4.58. The van der Waals surface area contributed by atoms with Crippen LogP contribution in [-0.4, -0.2) is 47.9 Å². The number of halogens is 1. The molecule has 2 heterocycles. The molecule has 1 aromatic heterocycles. The van der Waals surface area contributed by atoms with Gasteiger partial charge < -0.3 is 19.5 Å². The SMILES string of the molecule is O=C(COC(=O)c1cc(-c2ccc(Cl)cc2)n[nH]1)NC(=O)Nc1ccc2c(c1)OCCO2. The summed E-state index contributed by atoms with van der Waals surface area (Å²) in [6, 6.07) is 12.4. The molecule has 0 aliphatic carbocycles. The monoisotopic (exact) mass is 456 g/mol. The van der Waals surface area contributed by atoms with Crippen LogP contribution in [0.5, 0.6) is 11.5 Å². The van der Waals surface area contributed by atoms with Gasteiger partial charge in [-0.2, -0.15) is 5.10 Å². The maximum absolute atomic E-state index is 12.1. The van der Waals surface area contributed by atoms with Crippen LogP contribution in [0.25, 0.3) is 11.3 Å². The maximum atomic E-state index is 12.1. The van der Waals surface area contributed by atoms with E-state index in [1.807, 2.05) is 0 Å². The number of benzene rings is 2. The molecule has 0 saturated carbocycles. The summed E-state index contributed by atoms with van der Waals surface area (Å²) in [4.78, 5) is 36.1. The molecular formula is C21H17ClN4O6. The van der Waals surface area contributed by atoms with Gasteiger partial charge in [0.15, 0.2) is 18.1 Å². The van der Waals surface area contributed by atoms with Gasteiger partial charge in [-0.25, -0.2) is 9.59 Å². The molecule has 1 aliphatic rings. The van der Waals surface area contributed by atoms with Crippen molar-refractivity contribution in [3.63, 3.8) is 0 Å². The van der Waals surface area contributed by atoms with Gasteiger partial charge in [0, 0.05) is 22.3 Å². The molecule has 0 spiro atoms. The first-order valence-corrected chi connectivity index (χ1v) is 9.85. The Hall–Kier alpha value is -4.05. The summed E-state index contributed by atoms with van der Waals surface area (Å²) in [5.41, 5.74) is 1.72. The minimum atomic E-state index is -0.800. The highest BCUT2D eigenvalue weighted by Crippen LogP contribution is 2.32. The molecule has 3 aromatic rings. The number of nitrogens with one attached hydrogen (secondary N) is 3. The van der Waals surface area contributed by atoms with Crippen LogP contribution in [0.4, 0.5) is 10.5 Å². The van der Waals surface area contributed by atoms with Crippen molar-refractivity contribution in [3.05, 3.63) is 59.2 Å². The standard InChI is InChI=1S/C21H17ClN4O6/c22-13-3-1-12(2-4-13)15-10-16(26-25-15)20(28)32-11-19(27)24-21(29)23-14-5-6-17-18(9-14)31-8-7-30-17/h1-6,9-10H,7-8,11H2,(H,25,26)(H2,23,24,27,29). The molecule has 10 nitrogen and oxygen atoms in total. The summed E-state index contributed by atoms with van der Waals surface area (Å²) in [6.45, 7) is 0.210. The van der Waals surface area contributed by atoms with Gasteiger partial charge in [0.25, 0.3) is 5.91 Å². The molecule has 0 unspecified atom stereocenters. The second kappa shape index (κ2) is 9.40. The summed E-state index contributed by atoms with van der Waals surface area (Å²) in [6.07, 6.45) is 0. The van der Waals surface area contributed by atoms with Gasteiger partial charge in [0.2, 0.25) is 0 Å². The highest BCUT2D eigenvalue weighted by atomic mass is 35.5. The van der Waals surface area contributed by atoms with Crippen molar-refractivity contribution in [1.82, 2.24) is 15.5 Å². The number of anilines is 1. The zero-order valence-corrected chi connectivity index (χ0v) is 17.3. The largest absolute Gasteiger partial charge is 0.486 e. The molecule has 0 saturated heterocycles. The third-order valence-electron chi connectivity index (χ3n) is 4.33. The Morgan fingerprint density at radius 2 is 1.78 bits per heavy atom. The van der Waals surface area contributed by atoms with E-state index in [4.69, 9.17) is 25.8 Å². The Balaban J connectivity index is 1.26. The Labute approximate surface area is 186 Å². The van der Waals surface area contributed by atoms with Gasteiger partial charge in [0.1, 0.15) is 18.9 Å². The van der Waals surface area contributed by atoms with Crippen molar-refractivity contribution in [3.8, 4) is 22.8 Å². The molecule has 11 heteroatoms. The van der Waals surface area contributed by atoms with Crippen molar-refractivity contribution >= 4 is 35.2 Å². The lowest BCUT2D eigenvalue weighted by atomic mass is 10.1. The topological polar surface area (TPSA) is 132 Å². The van der Waals surface area contributed by atoms with E-state index in [0.29, 0.717) is 41.1 Å². The van der Waals surface area contributed by atoms with E-state index in [-0.39, 0.29) is 5.69 Å². The van der Waals surface area contributed by atoms with Gasteiger partial charge in [-0.3, -0.25) is 15.2 Å². The third kappa shape index (κ3) is 5.16. The lowest BCUT2D eigenvalue weighted by Crippen LogP contribution is -2.37. The van der Waals surface area contributed by atoms with Gasteiger partial charge in [0.05, 0.1) is 5.69 Å². The molecular weight excluding hydrogens is 440 g/mol. The lowest BCUT2D eigenvalue weighted by Gasteiger charge is -2.19. The van der Waals surface area contributed by atoms with E-state index in [1.165, 1.54) is 6.07 Å². The zero-order chi connectivity index (χ0) is 22.5. The number of amides is 3. The zero-order valence-electron chi connectivity index (χ0n) is 16.5. The second-order valence-corrected chi connectivity index (χ2v) is 7.05. The molecule has 3 N–H and O–H groups in total. The number of nitrogens with zero attached hydrogens (tertiary/aromatic N) is 1. The molecule has 3 amide bonds. The van der Waals surface area contributed by atoms with Crippen molar-refractivity contribution in [2.45, 2.75) is 0 Å². The number of ether oxygens (including phenoxy) is 3. The minimum absolute atomic E-state index is 0.0588. The molecule has 2 aromatic carbocycles. The first kappa shape index (κ1) is 21.2. The first-order valence-electron chi connectivity index (χ1n) is 9.47. The number of rotatable bonds is 5. The number of carbonyl (C=O) groups excluding carboxylic acids is 3. The summed E-state index contributed by atoms with van der Waals surface area (Å²) in [5, 5.41) is 11.7. The molecule has 4 rings (SSSR count). The maximum Gasteiger partial charge on any atom is 0.356 e. The number of imide groups is 1. The average Bonchev–Trinajstić information content (AvgIpc) is 3.28. The molecule has 0 radical (unpaired) electrons. The number of H-pyrrole nitrogens is 1. The van der Waals surface area contributed by atoms with Crippen molar-refractivity contribution in [1.29, 1.82) is 0 Å². The Morgan fingerprint density at radius 1 is 1.03 bits per heavy atom. The van der Waals surface area contributed by atoms with E-state index in [1.54, 1.807) is 42.5 Å². The molecule has 0 atom stereocenters. The number of hydrogen-bond acceptors (Lipinski definition) is 7. The van der Waals surface area contributed by atoms with Gasteiger partial charge in [-0.1, -0.05) is 23.7 Å². The van der Waals surface area contributed by atoms with Gasteiger partial charge >= 0.3 is 12.0 Å². The Morgan fingerprint density at radius 3 is 2.56 bits per heavy atom. The fraction of sp³-hybridized carbons (Fsp3) is 0.143. The smallest absolute Gasteiger partial charge is 0.356 e. The number of hydrogen-bond donors (Lipinski definition) is 3. The van der Waals surface area contributed by atoms with Crippen LogP contribution >= 0.6 is 11.6 Å². The quantitative estimate of drug-likeness (QED) is 0.503. The van der Waals surface area contributed by atoms with Crippen LogP contribution in [0.1, 0.15) is 10.5 Å². The summed E-state index contributed by atoms with van der Waals surface area (Å²) < 4.78 is 15.8. The highest BCUT2D eigenvalue weighted by Gasteiger charge is 2.17. The predicted molar refractivity (Wildman–Crippen MR) is 114 cm³/mol. The predicted octanol–water partition coefficient (Wildman–Crippen LogP) is 3.01. The number of aromatic amines is 1. The second-order valence-electron chi connectivity index (χ2n) is 6.61. The molecule has 0 bridgehead atoms. The first-order chi connectivity index (χ1) is 15.5. The number of aromatic nitrogens is 2. The van der Waals surface area contributed by atoms with Crippen LogP contribution in [0.15, 0.2) is 48.5 Å². The van der Waals surface area contributed by atoms with E-state index in [9.17, 15) is 14.4 Å². The fourth-order valence-corrected chi connectivity index (χ4v) is 2.98. The molecule has 164 valence electrons. The van der Waals surface area contributed by atoms with E-state index < -0.39 is 24.5 Å². The molecule has 32 heavy (non-hydrogen) atoms. The number of urea groups is 1.